The molecule has 4 nitrogen and oxygen atoms in total. The second-order valence-electron chi connectivity index (χ2n) is 5.45. The van der Waals surface area contributed by atoms with Crippen molar-refractivity contribution in [3.8, 4) is 0 Å². The Bertz CT molecular complexity index is 326. The molecule has 1 fully saturated rings. The van der Waals surface area contributed by atoms with Crippen molar-refractivity contribution in [2.45, 2.75) is 51.4 Å². The summed E-state index contributed by atoms with van der Waals surface area (Å²) in [7, 11) is 0. The van der Waals surface area contributed by atoms with Crippen molar-refractivity contribution in [2.24, 2.45) is 0 Å². The van der Waals surface area contributed by atoms with E-state index in [-0.39, 0.29) is 6.61 Å². The minimum Gasteiger partial charge on any atom is -0.363 e. The van der Waals surface area contributed by atoms with Crippen LogP contribution in [0.4, 0.5) is 13.2 Å². The molecule has 0 atom stereocenters. The van der Waals surface area contributed by atoms with Crippen LogP contribution in [0.5, 0.6) is 0 Å². The molecule has 1 aliphatic rings. The summed E-state index contributed by atoms with van der Waals surface area (Å²) in [5.41, 5.74) is -0.437. The van der Waals surface area contributed by atoms with Gasteiger partial charge in [-0.25, -0.2) is 0 Å². The number of rotatable bonds is 7. The molecule has 0 spiro atoms. The van der Waals surface area contributed by atoms with Gasteiger partial charge in [0.2, 0.25) is 5.91 Å². The van der Waals surface area contributed by atoms with E-state index in [0.717, 1.165) is 4.90 Å². The number of hydrogen-bond donors (Lipinski definition) is 1. The first-order valence-electron chi connectivity index (χ1n) is 6.91. The zero-order valence-electron chi connectivity index (χ0n) is 12.2. The molecule has 1 N–H and O–H groups in total. The normalized spacial score (nSPS) is 17.9. The maximum atomic E-state index is 12.6. The molecular formula is C13H23F3N2O2. The first kappa shape index (κ1) is 17.2. The Morgan fingerprint density at radius 2 is 1.90 bits per heavy atom. The number of amides is 1. The van der Waals surface area contributed by atoms with Crippen LogP contribution in [-0.4, -0.2) is 54.9 Å². The summed E-state index contributed by atoms with van der Waals surface area (Å²) in [5, 5.41) is 3.01. The fourth-order valence-electron chi connectivity index (χ4n) is 2.24. The third-order valence-corrected chi connectivity index (χ3v) is 3.60. The molecule has 0 radical (unpaired) electrons. The van der Waals surface area contributed by atoms with Crippen LogP contribution in [-0.2, 0) is 9.53 Å². The molecule has 0 bridgehead atoms. The van der Waals surface area contributed by atoms with Gasteiger partial charge in [0.25, 0.3) is 0 Å². The van der Waals surface area contributed by atoms with Crippen molar-refractivity contribution in [3.05, 3.63) is 0 Å². The zero-order valence-corrected chi connectivity index (χ0v) is 12.2. The predicted octanol–water partition coefficient (Wildman–Crippen LogP) is 1.94. The fraction of sp³-hybridized carbons (Fsp3) is 0.923. The molecule has 0 unspecified atom stereocenters. The highest BCUT2D eigenvalue weighted by Crippen LogP contribution is 2.21. The lowest BCUT2D eigenvalue weighted by molar-refractivity contribution is -0.173. The smallest absolute Gasteiger partial charge is 0.363 e. The van der Waals surface area contributed by atoms with Crippen LogP contribution in [0.1, 0.15) is 33.6 Å². The maximum absolute atomic E-state index is 12.6. The molecule has 1 amide bonds. The van der Waals surface area contributed by atoms with Gasteiger partial charge in [0.15, 0.2) is 0 Å². The number of ether oxygens (including phenoxy) is 1. The number of hydrogen-bond acceptors (Lipinski definition) is 3. The minimum absolute atomic E-state index is 0.301. The van der Waals surface area contributed by atoms with Crippen molar-refractivity contribution >= 4 is 5.91 Å². The summed E-state index contributed by atoms with van der Waals surface area (Å²) < 4.78 is 43.3. The van der Waals surface area contributed by atoms with E-state index in [1.807, 2.05) is 6.92 Å². The van der Waals surface area contributed by atoms with Crippen LogP contribution in [0.2, 0.25) is 0 Å². The summed E-state index contributed by atoms with van der Waals surface area (Å²) in [5.74, 6) is -0.593. The second-order valence-corrected chi connectivity index (χ2v) is 5.45. The van der Waals surface area contributed by atoms with E-state index in [1.54, 1.807) is 13.8 Å². The molecule has 0 aromatic heterocycles. The average molecular weight is 296 g/mol. The van der Waals surface area contributed by atoms with E-state index in [9.17, 15) is 18.0 Å². The Kier molecular flexibility index (Phi) is 5.82. The SMILES string of the molecule is CCC(CC)N(CC(F)(F)F)C(=O)COC1(C)CNC1. The van der Waals surface area contributed by atoms with Crippen molar-refractivity contribution in [2.75, 3.05) is 26.2 Å². The molecule has 0 saturated carbocycles. The van der Waals surface area contributed by atoms with Gasteiger partial charge in [0.1, 0.15) is 13.2 Å². The van der Waals surface area contributed by atoms with Crippen LogP contribution in [0.15, 0.2) is 0 Å². The van der Waals surface area contributed by atoms with Gasteiger partial charge >= 0.3 is 6.18 Å². The summed E-state index contributed by atoms with van der Waals surface area (Å²) in [6.07, 6.45) is -3.39. The van der Waals surface area contributed by atoms with Crippen LogP contribution in [0.25, 0.3) is 0 Å². The van der Waals surface area contributed by atoms with Crippen LogP contribution in [0.3, 0.4) is 0 Å². The number of halogens is 3. The lowest BCUT2D eigenvalue weighted by Gasteiger charge is -2.40. The molecule has 1 saturated heterocycles. The monoisotopic (exact) mass is 296 g/mol. The molecule has 0 aromatic carbocycles. The molecule has 0 aliphatic carbocycles. The second kappa shape index (κ2) is 6.76. The summed E-state index contributed by atoms with van der Waals surface area (Å²) in [6.45, 7) is 5.12. The van der Waals surface area contributed by atoms with E-state index in [4.69, 9.17) is 4.74 Å². The zero-order chi connectivity index (χ0) is 15.4. The Labute approximate surface area is 117 Å². The first-order valence-corrected chi connectivity index (χ1v) is 6.91. The first-order chi connectivity index (χ1) is 9.21. The number of nitrogens with zero attached hydrogens (tertiary/aromatic N) is 1. The minimum atomic E-state index is -4.39. The van der Waals surface area contributed by atoms with Gasteiger partial charge in [-0.15, -0.1) is 0 Å². The molecule has 118 valence electrons. The average Bonchev–Trinajstić information content (AvgIpc) is 2.32. The predicted molar refractivity (Wildman–Crippen MR) is 69.4 cm³/mol. The van der Waals surface area contributed by atoms with Gasteiger partial charge in [-0.1, -0.05) is 13.8 Å². The molecule has 1 heterocycles. The Morgan fingerprint density at radius 3 is 2.25 bits per heavy atom. The molecule has 20 heavy (non-hydrogen) atoms. The van der Waals surface area contributed by atoms with Gasteiger partial charge in [-0.05, 0) is 19.8 Å². The lowest BCUT2D eigenvalue weighted by Crippen LogP contribution is -2.60. The van der Waals surface area contributed by atoms with Gasteiger partial charge < -0.3 is 15.0 Å². The van der Waals surface area contributed by atoms with E-state index in [1.165, 1.54) is 0 Å². The van der Waals surface area contributed by atoms with Crippen LogP contribution in [0, 0.1) is 0 Å². The van der Waals surface area contributed by atoms with Crippen LogP contribution < -0.4 is 5.32 Å². The lowest BCUT2D eigenvalue weighted by atomic mass is 10.0. The summed E-state index contributed by atoms with van der Waals surface area (Å²) >= 11 is 0. The van der Waals surface area contributed by atoms with Crippen molar-refractivity contribution < 1.29 is 22.7 Å². The highest BCUT2D eigenvalue weighted by molar-refractivity contribution is 5.78. The standard InChI is InChI=1S/C13H23F3N2O2/c1-4-10(5-2)18(9-13(14,15)16)11(19)6-20-12(3)7-17-8-12/h10,17H,4-9H2,1-3H3. The largest absolute Gasteiger partial charge is 0.406 e. The van der Waals surface area contributed by atoms with E-state index in [2.05, 4.69) is 5.32 Å². The van der Waals surface area contributed by atoms with Crippen molar-refractivity contribution in [3.63, 3.8) is 0 Å². The highest BCUT2D eigenvalue weighted by Gasteiger charge is 2.37. The van der Waals surface area contributed by atoms with Gasteiger partial charge in [0, 0.05) is 19.1 Å². The molecule has 1 rings (SSSR count). The molecule has 0 aromatic rings. The van der Waals surface area contributed by atoms with Crippen molar-refractivity contribution in [1.29, 1.82) is 0 Å². The van der Waals surface area contributed by atoms with Crippen molar-refractivity contribution in [1.82, 2.24) is 10.2 Å². The van der Waals surface area contributed by atoms with Gasteiger partial charge in [-0.3, -0.25) is 4.79 Å². The molecule has 1 aliphatic heterocycles. The Hall–Kier alpha value is -0.820. The maximum Gasteiger partial charge on any atom is 0.406 e. The number of alkyl halides is 3. The van der Waals surface area contributed by atoms with E-state index >= 15 is 0 Å². The molecule has 7 heteroatoms. The third kappa shape index (κ3) is 4.94. The van der Waals surface area contributed by atoms with Gasteiger partial charge in [0.05, 0.1) is 5.60 Å². The highest BCUT2D eigenvalue weighted by atomic mass is 19.4. The Balaban J connectivity index is 2.63. The Morgan fingerprint density at radius 1 is 1.35 bits per heavy atom. The third-order valence-electron chi connectivity index (χ3n) is 3.60. The fourth-order valence-corrected chi connectivity index (χ4v) is 2.24. The number of carbonyl (C=O) groups excluding carboxylic acids is 1. The summed E-state index contributed by atoms with van der Waals surface area (Å²) in [6, 6.07) is -0.403. The quantitative estimate of drug-likeness (QED) is 0.780. The number of carbonyl (C=O) groups is 1. The van der Waals surface area contributed by atoms with Crippen LogP contribution >= 0.6 is 0 Å². The summed E-state index contributed by atoms with van der Waals surface area (Å²) in [4.78, 5) is 12.9. The molecular weight excluding hydrogens is 273 g/mol. The number of nitrogens with one attached hydrogen (secondary N) is 1. The van der Waals surface area contributed by atoms with E-state index < -0.39 is 30.3 Å². The van der Waals surface area contributed by atoms with E-state index in [0.29, 0.717) is 25.9 Å². The van der Waals surface area contributed by atoms with Gasteiger partial charge in [-0.2, -0.15) is 13.2 Å². The topological polar surface area (TPSA) is 41.6 Å².